The van der Waals surface area contributed by atoms with E-state index in [0.29, 0.717) is 12.8 Å². The van der Waals surface area contributed by atoms with Crippen molar-refractivity contribution in [2.24, 2.45) is 0 Å². The first-order valence-electron chi connectivity index (χ1n) is 5.94. The van der Waals surface area contributed by atoms with E-state index < -0.39 is 19.4 Å². The first-order chi connectivity index (χ1) is 9.01. The molecule has 0 aliphatic heterocycles. The van der Waals surface area contributed by atoms with Crippen molar-refractivity contribution in [2.75, 3.05) is 14.2 Å². The van der Waals surface area contributed by atoms with Gasteiger partial charge in [0.15, 0.2) is 0 Å². The monoisotopic (exact) mass is 286 g/mol. The van der Waals surface area contributed by atoms with Gasteiger partial charge in [0.1, 0.15) is 0 Å². The molecular formula is C13H19O5P. The quantitative estimate of drug-likeness (QED) is 0.569. The summed E-state index contributed by atoms with van der Waals surface area (Å²) in [6.45, 7) is 1.27. The van der Waals surface area contributed by atoms with E-state index in [1.165, 1.54) is 21.1 Å². The Morgan fingerprint density at radius 1 is 1.21 bits per heavy atom. The molecule has 0 fully saturated rings. The molecule has 5 nitrogen and oxygen atoms in total. The molecule has 0 aliphatic carbocycles. The van der Waals surface area contributed by atoms with Gasteiger partial charge in [0.05, 0.1) is 0 Å². The minimum absolute atomic E-state index is 0.378. The van der Waals surface area contributed by atoms with Crippen LogP contribution in [0.4, 0.5) is 0 Å². The minimum Gasteiger partial charge on any atom is -0.450 e. The Bertz CT molecular complexity index is 438. The van der Waals surface area contributed by atoms with Gasteiger partial charge in [-0.1, -0.05) is 30.3 Å². The lowest BCUT2D eigenvalue weighted by atomic mass is 10.1. The second kappa shape index (κ2) is 7.43. The highest BCUT2D eigenvalue weighted by molar-refractivity contribution is 7.54. The number of hydrogen-bond acceptors (Lipinski definition) is 5. The normalized spacial score (nSPS) is 13.0. The van der Waals surface area contributed by atoms with Crippen LogP contribution in [0.2, 0.25) is 0 Å². The maximum Gasteiger partial charge on any atom is 0.370 e. The zero-order valence-corrected chi connectivity index (χ0v) is 12.3. The van der Waals surface area contributed by atoms with E-state index in [4.69, 9.17) is 13.8 Å². The smallest absolute Gasteiger partial charge is 0.370 e. The van der Waals surface area contributed by atoms with Gasteiger partial charge in [-0.15, -0.1) is 0 Å². The van der Waals surface area contributed by atoms with Crippen LogP contribution >= 0.6 is 7.60 Å². The summed E-state index contributed by atoms with van der Waals surface area (Å²) in [7, 11) is -0.863. The summed E-state index contributed by atoms with van der Waals surface area (Å²) in [6.07, 6.45) is 0.998. The molecule has 0 spiro atoms. The van der Waals surface area contributed by atoms with Crippen molar-refractivity contribution < 1.29 is 23.1 Å². The van der Waals surface area contributed by atoms with Gasteiger partial charge in [0.2, 0.25) is 5.85 Å². The first kappa shape index (κ1) is 15.9. The summed E-state index contributed by atoms with van der Waals surface area (Å²) in [5.41, 5.74) is 1.07. The van der Waals surface area contributed by atoms with Crippen molar-refractivity contribution in [1.29, 1.82) is 0 Å². The second-order valence-corrected chi connectivity index (χ2v) is 6.38. The molecule has 106 valence electrons. The van der Waals surface area contributed by atoms with Crippen LogP contribution < -0.4 is 0 Å². The molecule has 0 N–H and O–H groups in total. The number of benzene rings is 1. The maximum absolute atomic E-state index is 12.3. The van der Waals surface area contributed by atoms with Crippen molar-refractivity contribution in [1.82, 2.24) is 0 Å². The average molecular weight is 286 g/mol. The molecule has 0 aliphatic rings. The topological polar surface area (TPSA) is 61.8 Å². The van der Waals surface area contributed by atoms with E-state index in [1.807, 2.05) is 30.3 Å². The molecule has 1 aromatic carbocycles. The van der Waals surface area contributed by atoms with Gasteiger partial charge in [-0.3, -0.25) is 9.36 Å². The number of ether oxygens (including phenoxy) is 1. The predicted molar refractivity (Wildman–Crippen MR) is 71.9 cm³/mol. The second-order valence-electron chi connectivity index (χ2n) is 3.99. The van der Waals surface area contributed by atoms with Crippen LogP contribution in [0.25, 0.3) is 0 Å². The summed E-state index contributed by atoms with van der Waals surface area (Å²) < 4.78 is 27.1. The summed E-state index contributed by atoms with van der Waals surface area (Å²) in [5.74, 6) is -1.40. The number of rotatable bonds is 7. The van der Waals surface area contributed by atoms with E-state index in [2.05, 4.69) is 0 Å². The van der Waals surface area contributed by atoms with E-state index in [9.17, 15) is 9.36 Å². The third kappa shape index (κ3) is 4.78. The Kier molecular flexibility index (Phi) is 6.22. The molecule has 1 atom stereocenters. The predicted octanol–water partition coefficient (Wildman–Crippen LogP) is 2.99. The highest BCUT2D eigenvalue weighted by Gasteiger charge is 2.36. The Balaban J connectivity index is 2.75. The van der Waals surface area contributed by atoms with E-state index >= 15 is 0 Å². The molecule has 0 aromatic heterocycles. The number of aryl methyl sites for hydroxylation is 1. The van der Waals surface area contributed by atoms with Gasteiger partial charge in [-0.05, 0) is 12.0 Å². The zero-order chi connectivity index (χ0) is 14.3. The largest absolute Gasteiger partial charge is 0.450 e. The Hall–Kier alpha value is -1.16. The van der Waals surface area contributed by atoms with Crippen LogP contribution in [0.5, 0.6) is 0 Å². The maximum atomic E-state index is 12.3. The molecule has 1 rings (SSSR count). The van der Waals surface area contributed by atoms with E-state index in [-0.39, 0.29) is 0 Å². The fourth-order valence-electron chi connectivity index (χ4n) is 1.72. The van der Waals surface area contributed by atoms with Crippen LogP contribution in [-0.4, -0.2) is 26.0 Å². The van der Waals surface area contributed by atoms with Crippen LogP contribution in [0.1, 0.15) is 18.9 Å². The molecule has 0 bridgehead atoms. The van der Waals surface area contributed by atoms with Gasteiger partial charge < -0.3 is 13.8 Å². The van der Waals surface area contributed by atoms with Crippen molar-refractivity contribution >= 4 is 13.6 Å². The van der Waals surface area contributed by atoms with E-state index in [1.54, 1.807) is 0 Å². The van der Waals surface area contributed by atoms with Crippen LogP contribution in [-0.2, 0) is 29.6 Å². The number of carbonyl (C=O) groups excluding carboxylic acids is 1. The van der Waals surface area contributed by atoms with Crippen LogP contribution in [0.3, 0.4) is 0 Å². The molecule has 0 heterocycles. The van der Waals surface area contributed by atoms with E-state index in [0.717, 1.165) is 5.56 Å². The molecule has 19 heavy (non-hydrogen) atoms. The molecular weight excluding hydrogens is 267 g/mol. The van der Waals surface area contributed by atoms with Crippen LogP contribution in [0.15, 0.2) is 30.3 Å². The zero-order valence-electron chi connectivity index (χ0n) is 11.4. The fourth-order valence-corrected chi connectivity index (χ4v) is 3.06. The first-order valence-corrected chi connectivity index (χ1v) is 7.55. The number of carbonyl (C=O) groups is 1. The van der Waals surface area contributed by atoms with Gasteiger partial charge in [-0.25, -0.2) is 0 Å². The van der Waals surface area contributed by atoms with Crippen molar-refractivity contribution in [3.63, 3.8) is 0 Å². The summed E-state index contributed by atoms with van der Waals surface area (Å²) in [4.78, 5) is 11.1. The molecule has 1 aromatic rings. The lowest BCUT2D eigenvalue weighted by Crippen LogP contribution is -2.19. The van der Waals surface area contributed by atoms with Crippen molar-refractivity contribution in [3.05, 3.63) is 35.9 Å². The molecule has 0 amide bonds. The molecule has 0 unspecified atom stereocenters. The van der Waals surface area contributed by atoms with Gasteiger partial charge in [0, 0.05) is 27.6 Å². The fraction of sp³-hybridized carbons (Fsp3) is 0.462. The van der Waals surface area contributed by atoms with Gasteiger partial charge in [-0.2, -0.15) is 0 Å². The lowest BCUT2D eigenvalue weighted by molar-refractivity contribution is -0.143. The summed E-state index contributed by atoms with van der Waals surface area (Å²) in [6, 6.07) is 9.66. The Morgan fingerprint density at radius 2 is 1.79 bits per heavy atom. The van der Waals surface area contributed by atoms with Gasteiger partial charge in [0.25, 0.3) is 0 Å². The van der Waals surface area contributed by atoms with Crippen molar-refractivity contribution in [3.8, 4) is 0 Å². The molecule has 0 saturated carbocycles. The highest BCUT2D eigenvalue weighted by Crippen LogP contribution is 2.53. The summed E-state index contributed by atoms with van der Waals surface area (Å²) in [5, 5.41) is 0. The number of hydrogen-bond donors (Lipinski definition) is 0. The standard InChI is InChI=1S/C13H19O5P/c1-11(14)18-13(19(15,16-2)17-3)10-9-12-7-5-4-6-8-12/h4-8,13H,9-10H2,1-3H3/t13-/m0/s1. The van der Waals surface area contributed by atoms with Crippen LogP contribution in [0, 0.1) is 0 Å². The highest BCUT2D eigenvalue weighted by atomic mass is 31.2. The third-order valence-corrected chi connectivity index (χ3v) is 4.77. The summed E-state index contributed by atoms with van der Waals surface area (Å²) >= 11 is 0. The molecule has 6 heteroatoms. The Labute approximate surface area is 113 Å². The SMILES string of the molecule is COP(=O)(OC)[C@@H](CCc1ccccc1)OC(C)=O. The Morgan fingerprint density at radius 3 is 2.26 bits per heavy atom. The van der Waals surface area contributed by atoms with Gasteiger partial charge >= 0.3 is 13.6 Å². The third-order valence-electron chi connectivity index (χ3n) is 2.69. The average Bonchev–Trinajstić information content (AvgIpc) is 2.43. The van der Waals surface area contributed by atoms with Crippen molar-refractivity contribution in [2.45, 2.75) is 25.6 Å². The molecule has 0 saturated heterocycles. The number of esters is 1. The minimum atomic E-state index is -3.43. The molecule has 0 radical (unpaired) electrons. The lowest BCUT2D eigenvalue weighted by Gasteiger charge is -2.23.